The highest BCUT2D eigenvalue weighted by atomic mass is 16.1. The van der Waals surface area contributed by atoms with Gasteiger partial charge in [-0.3, -0.25) is 4.79 Å². The van der Waals surface area contributed by atoms with Gasteiger partial charge in [0.2, 0.25) is 0 Å². The van der Waals surface area contributed by atoms with E-state index in [1.54, 1.807) is 12.1 Å². The number of carbonyl (C=O) groups excluding carboxylic acids is 1. The van der Waals surface area contributed by atoms with Crippen molar-refractivity contribution in [2.24, 2.45) is 5.41 Å². The summed E-state index contributed by atoms with van der Waals surface area (Å²) in [6.07, 6.45) is 6.33. The van der Waals surface area contributed by atoms with Gasteiger partial charge in [0, 0.05) is 19.5 Å². The van der Waals surface area contributed by atoms with Crippen LogP contribution >= 0.6 is 0 Å². The first-order valence-corrected chi connectivity index (χ1v) is 8.49. The summed E-state index contributed by atoms with van der Waals surface area (Å²) >= 11 is 0. The second-order valence-corrected chi connectivity index (χ2v) is 7.09. The fourth-order valence-electron chi connectivity index (χ4n) is 4.21. The van der Waals surface area contributed by atoms with E-state index in [2.05, 4.69) is 22.0 Å². The number of nitriles is 2. The molecule has 0 radical (unpaired) electrons. The Morgan fingerprint density at radius 3 is 2.42 bits per heavy atom. The van der Waals surface area contributed by atoms with Crippen LogP contribution in [0.25, 0.3) is 5.70 Å². The zero-order chi connectivity index (χ0) is 16.7. The van der Waals surface area contributed by atoms with E-state index in [0.717, 1.165) is 31.5 Å². The molecular weight excluding hydrogens is 300 g/mol. The molecule has 0 amide bonds. The molecule has 2 aliphatic carbocycles. The number of piperidine rings is 1. The Balaban J connectivity index is 1.75. The van der Waals surface area contributed by atoms with Crippen molar-refractivity contribution in [1.29, 1.82) is 10.5 Å². The molecule has 5 nitrogen and oxygen atoms in total. The molecule has 1 aromatic rings. The number of ketones is 1. The molecule has 3 aliphatic rings. The van der Waals surface area contributed by atoms with Crippen molar-refractivity contribution < 1.29 is 4.79 Å². The van der Waals surface area contributed by atoms with Crippen LogP contribution in [0.2, 0.25) is 0 Å². The number of nitrogens with zero attached hydrogens (tertiary/aromatic N) is 4. The first-order valence-electron chi connectivity index (χ1n) is 8.49. The van der Waals surface area contributed by atoms with Crippen molar-refractivity contribution in [3.63, 3.8) is 0 Å². The third kappa shape index (κ3) is 2.20. The van der Waals surface area contributed by atoms with Crippen LogP contribution in [0.15, 0.2) is 17.7 Å². The van der Waals surface area contributed by atoms with Gasteiger partial charge >= 0.3 is 0 Å². The molecule has 1 saturated heterocycles. The maximum absolute atomic E-state index is 12.4. The van der Waals surface area contributed by atoms with Crippen molar-refractivity contribution in [2.75, 3.05) is 13.1 Å². The summed E-state index contributed by atoms with van der Waals surface area (Å²) in [6.45, 7) is 1.71. The van der Waals surface area contributed by atoms with Gasteiger partial charge < -0.3 is 4.90 Å². The predicted molar refractivity (Wildman–Crippen MR) is 87.3 cm³/mol. The lowest BCUT2D eigenvalue weighted by molar-refractivity contribution is -0.114. The lowest BCUT2D eigenvalue weighted by Crippen LogP contribution is -2.43. The number of Topliss-reactive ketones (excluding diaryl/α,β-unsaturated/α-hetero) is 1. The van der Waals surface area contributed by atoms with Gasteiger partial charge in [0.05, 0.1) is 11.4 Å². The number of carbonyl (C=O) groups is 1. The first-order chi connectivity index (χ1) is 11.7. The van der Waals surface area contributed by atoms with Gasteiger partial charge in [-0.1, -0.05) is 12.5 Å². The van der Waals surface area contributed by atoms with Gasteiger partial charge in [-0.25, -0.2) is 4.98 Å². The Bertz CT molecular complexity index is 826. The SMILES string of the molecule is N#CC1=C(N2CCC3(CCC3)CC2)c2nc(C#N)ccc2CC1=O. The Kier molecular flexibility index (Phi) is 3.39. The van der Waals surface area contributed by atoms with Gasteiger partial charge in [0.25, 0.3) is 0 Å². The van der Waals surface area contributed by atoms with Gasteiger partial charge in [-0.15, -0.1) is 0 Å². The second kappa shape index (κ2) is 5.46. The number of pyridine rings is 1. The highest BCUT2D eigenvalue weighted by molar-refractivity contribution is 6.09. The molecule has 0 N–H and O–H groups in total. The minimum atomic E-state index is -0.143. The molecule has 0 atom stereocenters. The van der Waals surface area contributed by atoms with Crippen LogP contribution in [0.3, 0.4) is 0 Å². The van der Waals surface area contributed by atoms with E-state index >= 15 is 0 Å². The van der Waals surface area contributed by atoms with E-state index in [1.807, 2.05) is 0 Å². The lowest BCUT2D eigenvalue weighted by atomic mass is 9.63. The molecule has 120 valence electrons. The fraction of sp³-hybridized carbons (Fsp3) is 0.474. The van der Waals surface area contributed by atoms with Crippen LogP contribution in [0.5, 0.6) is 0 Å². The van der Waals surface area contributed by atoms with Crippen LogP contribution in [-0.4, -0.2) is 28.8 Å². The number of aromatic nitrogens is 1. The Labute approximate surface area is 141 Å². The quantitative estimate of drug-likeness (QED) is 0.795. The molecule has 5 heteroatoms. The third-order valence-corrected chi connectivity index (χ3v) is 5.85. The molecule has 0 unspecified atom stereocenters. The molecule has 2 heterocycles. The smallest absolute Gasteiger partial charge is 0.180 e. The average Bonchev–Trinajstić information content (AvgIpc) is 2.59. The van der Waals surface area contributed by atoms with E-state index in [4.69, 9.17) is 5.26 Å². The van der Waals surface area contributed by atoms with E-state index in [-0.39, 0.29) is 17.8 Å². The van der Waals surface area contributed by atoms with Crippen molar-refractivity contribution in [2.45, 2.75) is 38.5 Å². The third-order valence-electron chi connectivity index (χ3n) is 5.85. The molecule has 4 rings (SSSR count). The molecule has 2 fully saturated rings. The normalized spacial score (nSPS) is 21.8. The first kappa shape index (κ1) is 14.9. The minimum Gasteiger partial charge on any atom is -0.369 e. The fourth-order valence-corrected chi connectivity index (χ4v) is 4.21. The topological polar surface area (TPSA) is 80.8 Å². The van der Waals surface area contributed by atoms with Crippen LogP contribution in [0, 0.1) is 28.1 Å². The Hall–Kier alpha value is -2.66. The number of allylic oxidation sites excluding steroid dienone is 1. The zero-order valence-corrected chi connectivity index (χ0v) is 13.5. The molecule has 24 heavy (non-hydrogen) atoms. The van der Waals surface area contributed by atoms with Crippen LogP contribution < -0.4 is 0 Å². The zero-order valence-electron chi connectivity index (χ0n) is 13.5. The largest absolute Gasteiger partial charge is 0.369 e. The van der Waals surface area contributed by atoms with Gasteiger partial charge in [-0.2, -0.15) is 10.5 Å². The number of fused-ring (bicyclic) bond motifs is 1. The Morgan fingerprint density at radius 2 is 1.83 bits per heavy atom. The number of hydrogen-bond donors (Lipinski definition) is 0. The molecule has 1 aromatic heterocycles. The molecular formula is C19H18N4O. The molecule has 0 aromatic carbocycles. The van der Waals surface area contributed by atoms with E-state index in [0.29, 0.717) is 22.5 Å². The van der Waals surface area contributed by atoms with E-state index in [1.165, 1.54) is 19.3 Å². The van der Waals surface area contributed by atoms with Gasteiger partial charge in [0.15, 0.2) is 5.78 Å². The van der Waals surface area contributed by atoms with Crippen molar-refractivity contribution in [1.82, 2.24) is 9.88 Å². The average molecular weight is 318 g/mol. The number of likely N-dealkylation sites (tertiary alicyclic amines) is 1. The lowest BCUT2D eigenvalue weighted by Gasteiger charge is -2.49. The minimum absolute atomic E-state index is 0.143. The van der Waals surface area contributed by atoms with Crippen LogP contribution in [0.1, 0.15) is 49.1 Å². The number of rotatable bonds is 1. The summed E-state index contributed by atoms with van der Waals surface area (Å²) in [5, 5.41) is 18.7. The number of hydrogen-bond acceptors (Lipinski definition) is 5. The van der Waals surface area contributed by atoms with Crippen molar-refractivity contribution in [3.05, 3.63) is 34.7 Å². The van der Waals surface area contributed by atoms with Crippen LogP contribution in [0.4, 0.5) is 0 Å². The Morgan fingerprint density at radius 1 is 1.08 bits per heavy atom. The summed E-state index contributed by atoms with van der Waals surface area (Å²) in [5.41, 5.74) is 3.13. The summed E-state index contributed by atoms with van der Waals surface area (Å²) in [5.74, 6) is -0.143. The second-order valence-electron chi connectivity index (χ2n) is 7.09. The summed E-state index contributed by atoms with van der Waals surface area (Å²) < 4.78 is 0. The van der Waals surface area contributed by atoms with E-state index < -0.39 is 0 Å². The summed E-state index contributed by atoms with van der Waals surface area (Å²) in [7, 11) is 0. The highest BCUT2D eigenvalue weighted by Crippen LogP contribution is 2.50. The summed E-state index contributed by atoms with van der Waals surface area (Å²) in [6, 6.07) is 7.59. The monoisotopic (exact) mass is 318 g/mol. The van der Waals surface area contributed by atoms with E-state index in [9.17, 15) is 10.1 Å². The molecule has 0 bridgehead atoms. The van der Waals surface area contributed by atoms with Crippen molar-refractivity contribution >= 4 is 11.5 Å². The molecule has 1 saturated carbocycles. The predicted octanol–water partition coefficient (Wildman–Crippen LogP) is 2.58. The van der Waals surface area contributed by atoms with Crippen LogP contribution in [-0.2, 0) is 11.2 Å². The highest BCUT2D eigenvalue weighted by Gasteiger charge is 2.41. The van der Waals surface area contributed by atoms with Crippen molar-refractivity contribution in [3.8, 4) is 12.1 Å². The van der Waals surface area contributed by atoms with Gasteiger partial charge in [0.1, 0.15) is 23.4 Å². The maximum atomic E-state index is 12.4. The molecule has 1 spiro atoms. The summed E-state index contributed by atoms with van der Waals surface area (Å²) in [4.78, 5) is 19.0. The standard InChI is InChI=1S/C19H18N4O/c20-11-14-3-2-13-10-16(24)15(12-21)18(17(13)22-14)23-8-6-19(7-9-23)4-1-5-19/h2-3H,1,4-10H2. The molecule has 1 aliphatic heterocycles. The van der Waals surface area contributed by atoms with Gasteiger partial charge in [-0.05, 0) is 42.7 Å². The maximum Gasteiger partial charge on any atom is 0.180 e.